The summed E-state index contributed by atoms with van der Waals surface area (Å²) in [6.45, 7) is 5.38. The average Bonchev–Trinajstić information content (AvgIpc) is 3.87. The van der Waals surface area contributed by atoms with E-state index in [9.17, 15) is 0 Å². The van der Waals surface area contributed by atoms with Crippen molar-refractivity contribution in [2.45, 2.75) is 32.7 Å². The van der Waals surface area contributed by atoms with Crippen molar-refractivity contribution in [1.29, 1.82) is 0 Å². The Kier molecular flexibility index (Phi) is 9.16. The Labute approximate surface area is 355 Å². The highest BCUT2D eigenvalue weighted by Crippen LogP contribution is 2.47. The Morgan fingerprint density at radius 3 is 2.23 bits per heavy atom. The van der Waals surface area contributed by atoms with Gasteiger partial charge in [-0.15, -0.1) is 11.3 Å². The Balaban J connectivity index is 0.985. The van der Waals surface area contributed by atoms with E-state index in [-0.39, 0.29) is 12.0 Å². The molecule has 0 bridgehead atoms. The third kappa shape index (κ3) is 6.40. The number of hydrogen-bond acceptors (Lipinski definition) is 3. The van der Waals surface area contributed by atoms with Crippen molar-refractivity contribution < 1.29 is 4.42 Å². The second kappa shape index (κ2) is 15.1. The zero-order chi connectivity index (χ0) is 40.2. The second-order valence-corrected chi connectivity index (χ2v) is 17.2. The molecule has 0 amide bonds. The zero-order valence-electron chi connectivity index (χ0n) is 33.8. The molecule has 290 valence electrons. The van der Waals surface area contributed by atoms with Gasteiger partial charge < -0.3 is 9.32 Å². The van der Waals surface area contributed by atoms with Gasteiger partial charge in [-0.05, 0) is 89.1 Å². The number of benzene rings is 7. The molecule has 1 aliphatic heterocycles. The van der Waals surface area contributed by atoms with Crippen molar-refractivity contribution >= 4 is 65.0 Å². The quantitative estimate of drug-likeness (QED) is 0.0871. The molecule has 2 aliphatic rings. The number of nitrogens with zero attached hydrogens (tertiary/aromatic N) is 2. The van der Waals surface area contributed by atoms with Crippen LogP contribution in [0.15, 0.2) is 197 Å². The lowest BCUT2D eigenvalue weighted by atomic mass is 9.93. The predicted molar refractivity (Wildman–Crippen MR) is 256 cm³/mol. The summed E-state index contributed by atoms with van der Waals surface area (Å²) in [6, 6.07) is 57.5. The van der Waals surface area contributed by atoms with E-state index in [4.69, 9.17) is 9.41 Å². The van der Waals surface area contributed by atoms with Crippen LogP contribution in [-0.2, 0) is 0 Å². The second-order valence-electron chi connectivity index (χ2n) is 16.1. The van der Waals surface area contributed by atoms with Gasteiger partial charge in [0.15, 0.2) is 0 Å². The van der Waals surface area contributed by atoms with Crippen LogP contribution < -0.4 is 0 Å². The summed E-state index contributed by atoms with van der Waals surface area (Å²) in [4.78, 5) is 8.04. The minimum Gasteiger partial charge on any atom is -0.455 e. The van der Waals surface area contributed by atoms with Crippen molar-refractivity contribution in [3.05, 3.63) is 199 Å². The number of amidine groups is 1. The van der Waals surface area contributed by atoms with Crippen LogP contribution in [0.4, 0.5) is 0 Å². The van der Waals surface area contributed by atoms with Crippen LogP contribution in [0.25, 0.3) is 81.2 Å². The van der Waals surface area contributed by atoms with Crippen molar-refractivity contribution in [2.24, 2.45) is 10.9 Å². The standard InChI is InChI=1S/C56H44N2OS/c1-3-36(2)54(38-19-9-5-10-20-38)57-56(39-21-11-6-12-22-39)58-35-48(58)42-24-13-23-41(33-42)43-25-14-28-46-52-44(26-15-29-49(52)59-55(43)46)45-27-16-30-51-53(45)47-34-40(31-32-50(47)60-51)37-17-7-4-8-18-37/h4-21,23-34,39,48H,3,22,35H2,1-2H3/b54-36+,57-56-. The van der Waals surface area contributed by atoms with E-state index in [1.54, 1.807) is 0 Å². The third-order valence-electron chi connectivity index (χ3n) is 12.4. The van der Waals surface area contributed by atoms with Crippen LogP contribution in [0, 0.1) is 5.92 Å². The minimum atomic E-state index is 0.230. The molecule has 0 N–H and O–H groups in total. The van der Waals surface area contributed by atoms with Crippen molar-refractivity contribution in [1.82, 2.24) is 4.90 Å². The smallest absolute Gasteiger partial charge is 0.143 e. The van der Waals surface area contributed by atoms with Gasteiger partial charge in [0.05, 0.1) is 11.7 Å². The maximum Gasteiger partial charge on any atom is 0.143 e. The summed E-state index contributed by atoms with van der Waals surface area (Å²) in [7, 11) is 0. The summed E-state index contributed by atoms with van der Waals surface area (Å²) in [5, 5.41) is 4.88. The molecule has 3 heterocycles. The molecule has 2 aromatic heterocycles. The Bertz CT molecular complexity index is 3220. The molecule has 0 radical (unpaired) electrons. The van der Waals surface area contributed by atoms with E-state index in [2.05, 4.69) is 201 Å². The lowest BCUT2D eigenvalue weighted by molar-refractivity contribution is 0.670. The molecule has 0 saturated carbocycles. The van der Waals surface area contributed by atoms with E-state index in [0.29, 0.717) is 0 Å². The molecule has 2 atom stereocenters. The lowest BCUT2D eigenvalue weighted by Gasteiger charge is -2.20. The molecular formula is C56H44N2OS. The first-order valence-electron chi connectivity index (χ1n) is 21.1. The summed E-state index contributed by atoms with van der Waals surface area (Å²) < 4.78 is 9.48. The summed E-state index contributed by atoms with van der Waals surface area (Å²) in [5.74, 6) is 1.38. The molecule has 60 heavy (non-hydrogen) atoms. The van der Waals surface area contributed by atoms with Gasteiger partial charge >= 0.3 is 0 Å². The average molecular weight is 793 g/mol. The SMILES string of the molecule is CC/C(C)=C(/N=C(/C1C=CC=CC1)N1CC1c1cccc(-c2cccc3c2oc2cccc(-c4cccc5sc6ccc(-c7ccccc7)cc6c45)c23)c1)c1ccccc1. The normalized spacial score (nSPS) is 17.0. The molecule has 7 aromatic carbocycles. The number of furan rings is 1. The van der Waals surface area contributed by atoms with Gasteiger partial charge in [-0.3, -0.25) is 0 Å². The van der Waals surface area contributed by atoms with Crippen LogP contribution >= 0.6 is 11.3 Å². The molecule has 9 aromatic rings. The zero-order valence-corrected chi connectivity index (χ0v) is 34.6. The number of allylic oxidation sites excluding steroid dienone is 4. The van der Waals surface area contributed by atoms with Crippen LogP contribution in [0.3, 0.4) is 0 Å². The van der Waals surface area contributed by atoms with Crippen molar-refractivity contribution in [2.75, 3.05) is 6.54 Å². The van der Waals surface area contributed by atoms with Crippen molar-refractivity contribution in [3.8, 4) is 33.4 Å². The molecule has 4 heteroatoms. The van der Waals surface area contributed by atoms with Crippen LogP contribution in [0.2, 0.25) is 0 Å². The third-order valence-corrected chi connectivity index (χ3v) is 13.6. The molecule has 3 nitrogen and oxygen atoms in total. The highest BCUT2D eigenvalue weighted by molar-refractivity contribution is 7.26. The molecule has 2 unspecified atom stereocenters. The molecule has 1 aliphatic carbocycles. The van der Waals surface area contributed by atoms with Crippen LogP contribution in [-0.4, -0.2) is 17.3 Å². The Morgan fingerprint density at radius 2 is 1.42 bits per heavy atom. The number of para-hydroxylation sites is 1. The van der Waals surface area contributed by atoms with E-state index < -0.39 is 0 Å². The lowest BCUT2D eigenvalue weighted by Crippen LogP contribution is -2.22. The van der Waals surface area contributed by atoms with Gasteiger partial charge in [0.25, 0.3) is 0 Å². The number of rotatable bonds is 8. The fourth-order valence-electron chi connectivity index (χ4n) is 9.17. The van der Waals surface area contributed by atoms with Crippen LogP contribution in [0.5, 0.6) is 0 Å². The minimum absolute atomic E-state index is 0.230. The van der Waals surface area contributed by atoms with Gasteiger partial charge in [-0.1, -0.05) is 159 Å². The molecule has 1 saturated heterocycles. The maximum absolute atomic E-state index is 6.89. The fourth-order valence-corrected chi connectivity index (χ4v) is 10.3. The first-order chi connectivity index (χ1) is 29.6. The van der Waals surface area contributed by atoms with E-state index >= 15 is 0 Å². The highest BCUT2D eigenvalue weighted by Gasteiger charge is 2.40. The first-order valence-corrected chi connectivity index (χ1v) is 21.9. The summed E-state index contributed by atoms with van der Waals surface area (Å²) in [5.41, 5.74) is 13.9. The van der Waals surface area contributed by atoms with E-state index in [0.717, 1.165) is 64.0 Å². The summed E-state index contributed by atoms with van der Waals surface area (Å²) >= 11 is 1.86. The van der Waals surface area contributed by atoms with Crippen molar-refractivity contribution in [3.63, 3.8) is 0 Å². The number of fused-ring (bicyclic) bond motifs is 6. The topological polar surface area (TPSA) is 28.5 Å². The van der Waals surface area contributed by atoms with Gasteiger partial charge in [-0.2, -0.15) is 0 Å². The summed E-state index contributed by atoms with van der Waals surface area (Å²) in [6.07, 6.45) is 10.8. The van der Waals surface area contributed by atoms with Gasteiger partial charge in [-0.25, -0.2) is 4.99 Å². The van der Waals surface area contributed by atoms with E-state index in [1.807, 2.05) is 11.3 Å². The monoisotopic (exact) mass is 792 g/mol. The Morgan fingerprint density at radius 1 is 0.667 bits per heavy atom. The molecular weight excluding hydrogens is 749 g/mol. The highest BCUT2D eigenvalue weighted by atomic mass is 32.1. The largest absolute Gasteiger partial charge is 0.455 e. The molecule has 0 spiro atoms. The van der Waals surface area contributed by atoms with E-state index in [1.165, 1.54) is 59.1 Å². The predicted octanol–water partition coefficient (Wildman–Crippen LogP) is 15.7. The fraction of sp³-hybridized carbons (Fsp3) is 0.125. The van der Waals surface area contributed by atoms with Gasteiger partial charge in [0.2, 0.25) is 0 Å². The molecule has 1 fully saturated rings. The van der Waals surface area contributed by atoms with Crippen LogP contribution in [0.1, 0.15) is 43.9 Å². The first kappa shape index (κ1) is 36.3. The Hall–Kier alpha value is -6.75. The molecule has 11 rings (SSSR count). The van der Waals surface area contributed by atoms with Gasteiger partial charge in [0, 0.05) is 54.5 Å². The van der Waals surface area contributed by atoms with Gasteiger partial charge in [0.1, 0.15) is 17.0 Å². The maximum atomic E-state index is 6.89. The number of aliphatic imine (C=N–C) groups is 1. The number of hydrogen-bond donors (Lipinski definition) is 0. The number of thiophene rings is 1.